The number of para-hydroxylation sites is 1. The molecule has 3 amide bonds. The Kier molecular flexibility index (Phi) is 7.80. The maximum Gasteiger partial charge on any atom is 0.416 e. The Labute approximate surface area is 236 Å². The van der Waals surface area contributed by atoms with Crippen LogP contribution in [0.3, 0.4) is 0 Å². The van der Waals surface area contributed by atoms with Gasteiger partial charge in [0, 0.05) is 12.0 Å². The minimum atomic E-state index is -5.11. The van der Waals surface area contributed by atoms with Crippen LogP contribution in [-0.4, -0.2) is 40.9 Å². The highest BCUT2D eigenvalue weighted by Crippen LogP contribution is 2.39. The molecule has 1 saturated carbocycles. The van der Waals surface area contributed by atoms with E-state index in [9.17, 15) is 45.5 Å². The van der Waals surface area contributed by atoms with Crippen molar-refractivity contribution in [1.82, 2.24) is 10.6 Å². The van der Waals surface area contributed by atoms with Crippen molar-refractivity contribution in [3.05, 3.63) is 64.7 Å². The molecule has 1 unspecified atom stereocenters. The molecule has 1 fully saturated rings. The third kappa shape index (κ3) is 6.85. The lowest BCUT2D eigenvalue weighted by atomic mass is 10.0. The van der Waals surface area contributed by atoms with Crippen LogP contribution >= 0.6 is 0 Å². The highest BCUT2D eigenvalue weighted by Gasteiger charge is 2.53. The van der Waals surface area contributed by atoms with E-state index in [4.69, 9.17) is 4.74 Å². The molecule has 226 valence electrons. The summed E-state index contributed by atoms with van der Waals surface area (Å²) in [7, 11) is 0. The molecule has 14 heteroatoms. The molecule has 1 aliphatic carbocycles. The van der Waals surface area contributed by atoms with E-state index in [0.717, 1.165) is 4.90 Å². The van der Waals surface area contributed by atoms with Gasteiger partial charge in [-0.25, -0.2) is 4.79 Å². The number of nitrogens with zero attached hydrogens (tertiary/aromatic N) is 1. The molecule has 1 atom stereocenters. The van der Waals surface area contributed by atoms with Gasteiger partial charge < -0.3 is 20.3 Å². The third-order valence-corrected chi connectivity index (χ3v) is 6.67. The molecule has 42 heavy (non-hydrogen) atoms. The molecule has 0 saturated heterocycles. The molecule has 0 spiro atoms. The largest absolute Gasteiger partial charge is 0.444 e. The van der Waals surface area contributed by atoms with Crippen LogP contribution in [0.2, 0.25) is 0 Å². The number of anilines is 1. The van der Waals surface area contributed by atoms with Gasteiger partial charge >= 0.3 is 18.4 Å². The second-order valence-corrected chi connectivity index (χ2v) is 11.2. The Morgan fingerprint density at radius 1 is 0.952 bits per heavy atom. The van der Waals surface area contributed by atoms with Crippen LogP contribution in [0.15, 0.2) is 42.5 Å². The van der Waals surface area contributed by atoms with Crippen LogP contribution in [0.4, 0.5) is 36.8 Å². The molecule has 2 aromatic carbocycles. The lowest BCUT2D eigenvalue weighted by Crippen LogP contribution is -2.56. The van der Waals surface area contributed by atoms with E-state index in [-0.39, 0.29) is 30.2 Å². The highest BCUT2D eigenvalue weighted by atomic mass is 19.4. The smallest absolute Gasteiger partial charge is 0.416 e. The number of carbonyl (C=O) groups excluding carboxylic acids is 4. The van der Waals surface area contributed by atoms with E-state index in [2.05, 4.69) is 10.6 Å². The minimum absolute atomic E-state index is 0.00126. The summed E-state index contributed by atoms with van der Waals surface area (Å²) in [4.78, 5) is 53.2. The number of alkyl carbamates (subject to hydrolysis) is 1. The van der Waals surface area contributed by atoms with Crippen molar-refractivity contribution in [3.8, 4) is 0 Å². The van der Waals surface area contributed by atoms with Gasteiger partial charge in [0.25, 0.3) is 0 Å². The molecular formula is C28H27F6N3O5. The predicted octanol–water partition coefficient (Wildman–Crippen LogP) is 5.39. The van der Waals surface area contributed by atoms with Crippen LogP contribution in [0.25, 0.3) is 0 Å². The predicted molar refractivity (Wildman–Crippen MR) is 136 cm³/mol. The summed E-state index contributed by atoms with van der Waals surface area (Å²) < 4.78 is 86.0. The normalized spacial score (nSPS) is 18.6. The van der Waals surface area contributed by atoms with Gasteiger partial charge in [0.2, 0.25) is 11.8 Å². The minimum Gasteiger partial charge on any atom is -0.444 e. The van der Waals surface area contributed by atoms with Gasteiger partial charge in [0.15, 0.2) is 5.78 Å². The van der Waals surface area contributed by atoms with Gasteiger partial charge in [-0.1, -0.05) is 12.1 Å². The quantitative estimate of drug-likeness (QED) is 0.449. The Balaban J connectivity index is 1.66. The maximum absolute atomic E-state index is 13.7. The van der Waals surface area contributed by atoms with Crippen molar-refractivity contribution in [2.24, 2.45) is 0 Å². The zero-order valence-electron chi connectivity index (χ0n) is 22.7. The van der Waals surface area contributed by atoms with Gasteiger partial charge in [-0.3, -0.25) is 14.4 Å². The number of ketones is 1. The molecule has 2 aliphatic rings. The fraction of sp³-hybridized carbons (Fsp3) is 0.429. The van der Waals surface area contributed by atoms with Crippen LogP contribution in [0.5, 0.6) is 0 Å². The van der Waals surface area contributed by atoms with Crippen molar-refractivity contribution in [1.29, 1.82) is 0 Å². The molecule has 0 radical (unpaired) electrons. The first-order valence-corrected chi connectivity index (χ1v) is 12.8. The van der Waals surface area contributed by atoms with Gasteiger partial charge in [0.05, 0.1) is 23.4 Å². The van der Waals surface area contributed by atoms with Crippen LogP contribution in [-0.2, 0) is 33.2 Å². The molecular weight excluding hydrogens is 572 g/mol. The second kappa shape index (κ2) is 10.6. The Bertz CT molecular complexity index is 1390. The summed E-state index contributed by atoms with van der Waals surface area (Å²) in [6, 6.07) is 5.06. The van der Waals surface area contributed by atoms with E-state index >= 15 is 0 Å². The molecule has 2 aromatic rings. The summed E-state index contributed by atoms with van der Waals surface area (Å²) >= 11 is 0. The molecule has 2 N–H and O–H groups in total. The number of hydrogen-bond donors (Lipinski definition) is 2. The van der Waals surface area contributed by atoms with Crippen molar-refractivity contribution in [2.45, 2.75) is 76.1 Å². The fourth-order valence-electron chi connectivity index (χ4n) is 4.53. The first-order valence-electron chi connectivity index (χ1n) is 12.8. The van der Waals surface area contributed by atoms with E-state index < -0.39 is 82.9 Å². The number of ether oxygens (including phenoxy) is 1. The number of carbonyl (C=O) groups is 4. The van der Waals surface area contributed by atoms with Crippen molar-refractivity contribution < 1.29 is 50.3 Å². The summed E-state index contributed by atoms with van der Waals surface area (Å²) in [6.07, 6.45) is -11.2. The van der Waals surface area contributed by atoms with Crippen molar-refractivity contribution >= 4 is 29.4 Å². The number of halogens is 6. The second-order valence-electron chi connectivity index (χ2n) is 11.2. The van der Waals surface area contributed by atoms with E-state index in [1.54, 1.807) is 20.8 Å². The van der Waals surface area contributed by atoms with Crippen LogP contribution in [0, 0.1) is 0 Å². The monoisotopic (exact) mass is 599 g/mol. The van der Waals surface area contributed by atoms with Gasteiger partial charge in [-0.05, 0) is 69.5 Å². The lowest BCUT2D eigenvalue weighted by molar-refractivity contribution is -0.143. The van der Waals surface area contributed by atoms with Crippen molar-refractivity contribution in [3.63, 3.8) is 0 Å². The SMILES string of the molecule is CC(C)(C)OC(=O)NC1(C(=O)NC2CC(=O)c3ccccc3N(Cc3cc(C(F)(F)F)cc(C(F)(F)F)c3)C2=O)CC1. The topological polar surface area (TPSA) is 105 Å². The number of alkyl halides is 6. The number of benzene rings is 2. The summed E-state index contributed by atoms with van der Waals surface area (Å²) in [5, 5.41) is 4.92. The molecule has 0 bridgehead atoms. The first-order chi connectivity index (χ1) is 19.3. The Morgan fingerprint density at radius 2 is 1.52 bits per heavy atom. The Morgan fingerprint density at radius 3 is 2.05 bits per heavy atom. The highest BCUT2D eigenvalue weighted by molar-refractivity contribution is 6.13. The van der Waals surface area contributed by atoms with Gasteiger partial charge in [0.1, 0.15) is 17.2 Å². The van der Waals surface area contributed by atoms with E-state index in [1.165, 1.54) is 24.3 Å². The molecule has 1 heterocycles. The summed E-state index contributed by atoms with van der Waals surface area (Å²) in [5.41, 5.74) is -5.92. The Hall–Kier alpha value is -4.10. The number of Topliss-reactive ketones (excluding diaryl/α,β-unsaturated/α-hetero) is 1. The summed E-state index contributed by atoms with van der Waals surface area (Å²) in [5.74, 6) is -2.30. The van der Waals surface area contributed by atoms with E-state index in [0.29, 0.717) is 12.1 Å². The van der Waals surface area contributed by atoms with Crippen LogP contribution in [0.1, 0.15) is 67.1 Å². The molecule has 8 nitrogen and oxygen atoms in total. The summed E-state index contributed by atoms with van der Waals surface area (Å²) in [6.45, 7) is 4.10. The average molecular weight is 600 g/mol. The standard InChI is InChI=1S/C28H27F6N3O5/c1-25(2,3)42-24(41)36-26(8-9-26)23(40)35-19-13-21(38)18-6-4-5-7-20(18)37(22(19)39)14-15-10-16(27(29,30)31)12-17(11-15)28(32,33)34/h4-7,10-12,19H,8-9,13-14H2,1-3H3,(H,35,40)(H,36,41). The first kappa shape index (κ1) is 30.8. The fourth-order valence-corrected chi connectivity index (χ4v) is 4.53. The number of nitrogens with one attached hydrogen (secondary N) is 2. The average Bonchev–Trinajstić information content (AvgIpc) is 3.65. The zero-order valence-corrected chi connectivity index (χ0v) is 22.7. The molecule has 0 aromatic heterocycles. The number of amides is 3. The molecule has 1 aliphatic heterocycles. The third-order valence-electron chi connectivity index (χ3n) is 6.67. The number of rotatable bonds is 5. The lowest BCUT2D eigenvalue weighted by Gasteiger charge is -2.28. The maximum atomic E-state index is 13.7. The van der Waals surface area contributed by atoms with Gasteiger partial charge in [-0.2, -0.15) is 26.3 Å². The molecule has 4 rings (SSSR count). The van der Waals surface area contributed by atoms with Gasteiger partial charge in [-0.15, -0.1) is 0 Å². The van der Waals surface area contributed by atoms with Crippen molar-refractivity contribution in [2.75, 3.05) is 4.90 Å². The zero-order chi connectivity index (χ0) is 31.3. The van der Waals surface area contributed by atoms with E-state index in [1.807, 2.05) is 0 Å². The van der Waals surface area contributed by atoms with Crippen LogP contribution < -0.4 is 15.5 Å². The number of fused-ring (bicyclic) bond motifs is 1. The number of hydrogen-bond acceptors (Lipinski definition) is 5.